The van der Waals surface area contributed by atoms with Gasteiger partial charge in [0.1, 0.15) is 6.07 Å². The van der Waals surface area contributed by atoms with Crippen molar-refractivity contribution in [3.8, 4) is 21.9 Å². The number of aliphatic imine (C=N–C) groups is 1. The van der Waals surface area contributed by atoms with Crippen LogP contribution in [0, 0.1) is 35.8 Å². The topological polar surface area (TPSA) is 80.7 Å². The number of hydrogen-bond acceptors (Lipinski definition) is 8. The van der Waals surface area contributed by atoms with Crippen LogP contribution in [0.4, 0.5) is 10.0 Å². The number of rotatable bonds is 3. The smallest absolute Gasteiger partial charge is 0.351 e. The Morgan fingerprint density at radius 2 is 1.71 bits per heavy atom. The molecule has 4 aromatic heterocycles. The lowest BCUT2D eigenvalue weighted by molar-refractivity contribution is 0.676. The van der Waals surface area contributed by atoms with Gasteiger partial charge in [-0.1, -0.05) is 36.7 Å². The zero-order valence-electron chi connectivity index (χ0n) is 16.1. The Bertz CT molecular complexity index is 1570. The average Bonchev–Trinajstić information content (AvgIpc) is 3.49. The zero-order valence-corrected chi connectivity index (χ0v) is 19.4. The summed E-state index contributed by atoms with van der Waals surface area (Å²) in [4.78, 5) is 13.2. The van der Waals surface area contributed by atoms with E-state index in [1.54, 1.807) is 34.0 Å². The normalized spacial score (nSPS) is 15.0. The lowest BCUT2D eigenvalue weighted by Crippen LogP contribution is -2.14. The summed E-state index contributed by atoms with van der Waals surface area (Å²) in [5.74, 6) is -0.153. The Morgan fingerprint density at radius 3 is 2.29 bits per heavy atom. The maximum absolute atomic E-state index is 9.07. The summed E-state index contributed by atoms with van der Waals surface area (Å²) >= 11 is 6.60. The summed E-state index contributed by atoms with van der Waals surface area (Å²) in [6.07, 6.45) is -0.881. The molecule has 0 amide bonds. The molecule has 1 atom stereocenters. The lowest BCUT2D eigenvalue weighted by atomic mass is 9.84. The highest BCUT2D eigenvalue weighted by Gasteiger charge is 2.43. The summed E-state index contributed by atoms with van der Waals surface area (Å²) in [5.41, 5.74) is 2.37. The number of nitrogens with one attached hydrogen (secondary N) is 1. The Morgan fingerprint density at radius 1 is 1.06 bits per heavy atom. The van der Waals surface area contributed by atoms with E-state index < -0.39 is 6.17 Å². The molecule has 0 radical (unpaired) electrons. The molecule has 5 rings (SSSR count). The molecular weight excluding hydrogens is 465 g/mol. The number of anilines is 1. The molecule has 0 saturated carbocycles. The van der Waals surface area contributed by atoms with Gasteiger partial charge in [-0.2, -0.15) is 5.26 Å². The van der Waals surface area contributed by atoms with Crippen LogP contribution in [0.3, 0.4) is 0 Å². The van der Waals surface area contributed by atoms with Crippen LogP contribution in [0.25, 0.3) is 38.2 Å². The number of fused-ring (bicyclic) bond motifs is 7. The fraction of sp³-hybridized carbons (Fsp3) is 0.190. The third kappa shape index (κ3) is 2.78. The van der Waals surface area contributed by atoms with E-state index in [0.29, 0.717) is 5.00 Å². The van der Waals surface area contributed by atoms with Crippen molar-refractivity contribution >= 4 is 80.0 Å². The van der Waals surface area contributed by atoms with Crippen LogP contribution in [0.15, 0.2) is 17.1 Å². The van der Waals surface area contributed by atoms with Crippen molar-refractivity contribution in [1.82, 2.24) is 0 Å². The van der Waals surface area contributed by atoms with Crippen LogP contribution >= 0.6 is 45.3 Å². The fourth-order valence-corrected chi connectivity index (χ4v) is 9.71. The highest BCUT2D eigenvalue weighted by Crippen LogP contribution is 2.62. The zero-order chi connectivity index (χ0) is 21.9. The Kier molecular flexibility index (Phi) is 4.38. The molecule has 6 nitrogen and oxygen atoms in total. The Labute approximate surface area is 193 Å². The summed E-state index contributed by atoms with van der Waals surface area (Å²) in [6.45, 7) is 18.6. The van der Waals surface area contributed by atoms with Crippen LogP contribution in [-0.2, 0) is 5.41 Å². The summed E-state index contributed by atoms with van der Waals surface area (Å²) in [6, 6.07) is 7.78. The predicted molar refractivity (Wildman–Crippen MR) is 129 cm³/mol. The molecule has 1 aliphatic carbocycles. The summed E-state index contributed by atoms with van der Waals surface area (Å²) in [5, 5.41) is 22.6. The summed E-state index contributed by atoms with van der Waals surface area (Å²) < 4.78 is 4.65. The van der Waals surface area contributed by atoms with Crippen molar-refractivity contribution in [2.24, 2.45) is 4.99 Å². The molecule has 1 N–H and O–H groups in total. The van der Waals surface area contributed by atoms with Crippen LogP contribution in [0.2, 0.25) is 0 Å². The first-order valence-corrected chi connectivity index (χ1v) is 12.2. The second-order valence-electron chi connectivity index (χ2n) is 7.28. The highest BCUT2D eigenvalue weighted by atomic mass is 32.1. The molecule has 1 aliphatic rings. The first kappa shape index (κ1) is 19.7. The van der Waals surface area contributed by atoms with Crippen molar-refractivity contribution in [3.05, 3.63) is 46.1 Å². The number of amidine groups is 1. The minimum absolute atomic E-state index is 0.153. The molecule has 0 saturated heterocycles. The molecule has 31 heavy (non-hydrogen) atoms. The first-order chi connectivity index (χ1) is 14.9. The van der Waals surface area contributed by atoms with Gasteiger partial charge in [0, 0.05) is 16.2 Å². The van der Waals surface area contributed by atoms with E-state index in [1.807, 2.05) is 24.3 Å². The maximum atomic E-state index is 9.07. The Hall–Kier alpha value is -3.25. The van der Waals surface area contributed by atoms with Gasteiger partial charge >= 0.3 is 12.0 Å². The largest absolute Gasteiger partial charge is 0.383 e. The van der Waals surface area contributed by atoms with Gasteiger partial charge in [0.2, 0.25) is 5.00 Å². The van der Waals surface area contributed by atoms with Gasteiger partial charge in [0.15, 0.2) is 6.07 Å². The van der Waals surface area contributed by atoms with Crippen molar-refractivity contribution in [3.63, 3.8) is 0 Å². The molecule has 4 aromatic rings. The number of nitrogens with zero attached hydrogens (tertiary/aromatic N) is 5. The van der Waals surface area contributed by atoms with Gasteiger partial charge < -0.3 is 4.85 Å². The predicted octanol–water partition coefficient (Wildman–Crippen LogP) is 7.20. The third-order valence-electron chi connectivity index (χ3n) is 5.12. The monoisotopic (exact) mass is 474 g/mol. The lowest BCUT2D eigenvalue weighted by Gasteiger charge is -2.19. The number of hydrogen-bond donors (Lipinski definition) is 1. The molecular formula is C21H10N6S4. The second-order valence-corrected chi connectivity index (χ2v) is 11.5. The minimum Gasteiger partial charge on any atom is -0.351 e. The van der Waals surface area contributed by atoms with Gasteiger partial charge in [-0.3, -0.25) is 10.2 Å². The Balaban J connectivity index is 1.64. The van der Waals surface area contributed by atoms with Gasteiger partial charge in [0.25, 0.3) is 0 Å². The molecule has 10 heteroatoms. The van der Waals surface area contributed by atoms with Gasteiger partial charge in [-0.25, -0.2) is 11.8 Å². The number of nitriles is 2. The van der Waals surface area contributed by atoms with E-state index in [1.165, 1.54) is 36.9 Å². The van der Waals surface area contributed by atoms with E-state index in [2.05, 4.69) is 33.8 Å². The van der Waals surface area contributed by atoms with Crippen LogP contribution in [0.5, 0.6) is 0 Å². The molecule has 1 unspecified atom stereocenters. The van der Waals surface area contributed by atoms with E-state index >= 15 is 0 Å². The molecule has 4 heterocycles. The van der Waals surface area contributed by atoms with Crippen LogP contribution in [-0.4, -0.2) is 12.0 Å². The molecule has 0 bridgehead atoms. The maximum Gasteiger partial charge on any atom is 0.383 e. The molecule has 0 aliphatic heterocycles. The second kappa shape index (κ2) is 6.89. The molecule has 148 valence electrons. The van der Waals surface area contributed by atoms with E-state index in [0.717, 1.165) is 19.1 Å². The average molecular weight is 475 g/mol. The van der Waals surface area contributed by atoms with Crippen LogP contribution in [0.1, 0.15) is 25.0 Å². The number of thiophene rings is 4. The molecule has 0 fully saturated rings. The minimum atomic E-state index is -0.881. The van der Waals surface area contributed by atoms with Crippen molar-refractivity contribution in [2.45, 2.75) is 25.4 Å². The van der Waals surface area contributed by atoms with Crippen LogP contribution < -0.4 is 5.32 Å². The summed E-state index contributed by atoms with van der Waals surface area (Å²) in [7, 11) is 0. The SMILES string of the molecule is [C-]#[N+]C(C#N)=Nc1cc2sc3c(c2s1)C(C)(C)c1c-3sc2cc(NC(C#N)[N+]#[C-])sc12. The van der Waals surface area contributed by atoms with Crippen molar-refractivity contribution in [1.29, 1.82) is 10.5 Å². The molecule has 0 spiro atoms. The van der Waals surface area contributed by atoms with E-state index in [4.69, 9.17) is 23.7 Å². The van der Waals surface area contributed by atoms with Crippen molar-refractivity contribution in [2.75, 3.05) is 5.32 Å². The van der Waals surface area contributed by atoms with Crippen molar-refractivity contribution < 1.29 is 0 Å². The first-order valence-electron chi connectivity index (χ1n) is 8.94. The van der Waals surface area contributed by atoms with Gasteiger partial charge in [-0.05, 0) is 17.2 Å². The van der Waals surface area contributed by atoms with E-state index in [9.17, 15) is 0 Å². The van der Waals surface area contributed by atoms with Gasteiger partial charge in [-0.15, -0.1) is 34.0 Å². The quantitative estimate of drug-likeness (QED) is 0.194. The fourth-order valence-electron chi connectivity index (χ4n) is 3.88. The van der Waals surface area contributed by atoms with Gasteiger partial charge in [0.05, 0.1) is 28.9 Å². The standard InChI is InChI=1S/C21H10N6S4/c1-21(2)15-17-9(5-13(30-17)26-11(7-22)24-3)28-19(15)20-16(21)18-10(29-20)6-14(31-18)27-12(8-23)25-4/h5-6,11,26H,1-2H3. The third-order valence-corrected chi connectivity index (χ3v) is 9.95. The van der Waals surface area contributed by atoms with E-state index in [-0.39, 0.29) is 11.3 Å². The highest BCUT2D eigenvalue weighted by molar-refractivity contribution is 7.36. The molecule has 0 aromatic carbocycles.